The summed E-state index contributed by atoms with van der Waals surface area (Å²) in [6, 6.07) is 5.93. The van der Waals surface area contributed by atoms with Crippen LogP contribution in [0.4, 0.5) is 17.8 Å². The molecule has 0 bridgehead atoms. The molecular formula is C14H21N7. The molecule has 2 heterocycles. The fraction of sp³-hybridized carbons (Fsp3) is 0.429. The van der Waals surface area contributed by atoms with Crippen LogP contribution in [0.1, 0.15) is 18.3 Å². The van der Waals surface area contributed by atoms with Crippen LogP contribution in [0, 0.1) is 6.92 Å². The van der Waals surface area contributed by atoms with E-state index < -0.39 is 0 Å². The second kappa shape index (κ2) is 6.83. The number of hydrogen-bond donors (Lipinski definition) is 2. The van der Waals surface area contributed by atoms with Gasteiger partial charge < -0.3 is 15.5 Å². The zero-order chi connectivity index (χ0) is 15.2. The van der Waals surface area contributed by atoms with Crippen molar-refractivity contribution in [2.24, 2.45) is 0 Å². The Morgan fingerprint density at radius 3 is 2.33 bits per heavy atom. The van der Waals surface area contributed by atoms with E-state index >= 15 is 0 Å². The topological polar surface area (TPSA) is 78.9 Å². The van der Waals surface area contributed by atoms with Gasteiger partial charge in [0.15, 0.2) is 0 Å². The molecule has 7 heteroatoms. The third kappa shape index (κ3) is 4.27. The van der Waals surface area contributed by atoms with E-state index in [0.29, 0.717) is 24.4 Å². The number of pyridine rings is 1. The van der Waals surface area contributed by atoms with Crippen LogP contribution in [0.25, 0.3) is 0 Å². The van der Waals surface area contributed by atoms with Crippen molar-refractivity contribution in [3.05, 3.63) is 29.6 Å². The van der Waals surface area contributed by atoms with Gasteiger partial charge in [0.2, 0.25) is 17.8 Å². The van der Waals surface area contributed by atoms with Crippen molar-refractivity contribution < 1.29 is 0 Å². The van der Waals surface area contributed by atoms with E-state index in [1.807, 2.05) is 51.0 Å². The van der Waals surface area contributed by atoms with Crippen LogP contribution in [-0.4, -0.2) is 40.6 Å². The van der Waals surface area contributed by atoms with Crippen LogP contribution in [-0.2, 0) is 6.54 Å². The minimum absolute atomic E-state index is 0.535. The van der Waals surface area contributed by atoms with Gasteiger partial charge in [-0.15, -0.1) is 0 Å². The third-order valence-electron chi connectivity index (χ3n) is 2.73. The largest absolute Gasteiger partial charge is 0.354 e. The van der Waals surface area contributed by atoms with Crippen molar-refractivity contribution >= 4 is 17.8 Å². The standard InChI is InChI=1S/C14H21N7/c1-5-15-12-18-13(20-14(19-12)21(3)4)16-9-11-8-6-7-10(2)17-11/h6-8H,5,9H2,1-4H3,(H2,15,16,18,19,20). The Bertz CT molecular complexity index is 598. The molecule has 0 fully saturated rings. The Labute approximate surface area is 124 Å². The highest BCUT2D eigenvalue weighted by Crippen LogP contribution is 2.12. The molecule has 21 heavy (non-hydrogen) atoms. The average Bonchev–Trinajstić information content (AvgIpc) is 2.45. The molecule has 0 aliphatic heterocycles. The minimum Gasteiger partial charge on any atom is -0.354 e. The lowest BCUT2D eigenvalue weighted by Gasteiger charge is -2.13. The third-order valence-corrected chi connectivity index (χ3v) is 2.73. The number of rotatable bonds is 6. The SMILES string of the molecule is CCNc1nc(NCc2cccc(C)n2)nc(N(C)C)n1. The van der Waals surface area contributed by atoms with E-state index in [-0.39, 0.29) is 0 Å². The Balaban J connectivity index is 2.14. The molecule has 2 rings (SSSR count). The van der Waals surface area contributed by atoms with Gasteiger partial charge >= 0.3 is 0 Å². The Morgan fingerprint density at radius 1 is 1.00 bits per heavy atom. The monoisotopic (exact) mass is 287 g/mol. The van der Waals surface area contributed by atoms with Gasteiger partial charge in [-0.25, -0.2) is 0 Å². The molecule has 0 aliphatic rings. The maximum atomic E-state index is 4.44. The smallest absolute Gasteiger partial charge is 0.231 e. The molecule has 7 nitrogen and oxygen atoms in total. The first-order valence-corrected chi connectivity index (χ1v) is 6.92. The molecule has 0 aliphatic carbocycles. The van der Waals surface area contributed by atoms with Crippen LogP contribution in [0.2, 0.25) is 0 Å². The fourth-order valence-electron chi connectivity index (χ4n) is 1.75. The number of aromatic nitrogens is 4. The molecule has 0 unspecified atom stereocenters. The first-order valence-electron chi connectivity index (χ1n) is 6.92. The second-order valence-electron chi connectivity index (χ2n) is 4.83. The molecule has 0 spiro atoms. The van der Waals surface area contributed by atoms with Crippen molar-refractivity contribution in [3.8, 4) is 0 Å². The lowest BCUT2D eigenvalue weighted by molar-refractivity contribution is 0.925. The fourth-order valence-corrected chi connectivity index (χ4v) is 1.75. The van der Waals surface area contributed by atoms with E-state index in [9.17, 15) is 0 Å². The summed E-state index contributed by atoms with van der Waals surface area (Å²) in [7, 11) is 3.80. The maximum absolute atomic E-state index is 4.44. The summed E-state index contributed by atoms with van der Waals surface area (Å²) in [5, 5.41) is 6.30. The summed E-state index contributed by atoms with van der Waals surface area (Å²) < 4.78 is 0. The molecule has 2 aromatic heterocycles. The first-order chi connectivity index (χ1) is 10.1. The molecular weight excluding hydrogens is 266 g/mol. The van der Waals surface area contributed by atoms with E-state index in [1.165, 1.54) is 0 Å². The van der Waals surface area contributed by atoms with Crippen molar-refractivity contribution in [2.45, 2.75) is 20.4 Å². The molecule has 0 saturated heterocycles. The van der Waals surface area contributed by atoms with Gasteiger partial charge in [-0.2, -0.15) is 15.0 Å². The molecule has 0 aromatic carbocycles. The van der Waals surface area contributed by atoms with E-state index in [1.54, 1.807) is 0 Å². The van der Waals surface area contributed by atoms with Crippen LogP contribution in [0.3, 0.4) is 0 Å². The van der Waals surface area contributed by atoms with Gasteiger partial charge in [-0.1, -0.05) is 6.07 Å². The number of aryl methyl sites for hydroxylation is 1. The minimum atomic E-state index is 0.535. The molecule has 2 N–H and O–H groups in total. The highest BCUT2D eigenvalue weighted by atomic mass is 15.3. The normalized spacial score (nSPS) is 10.3. The van der Waals surface area contributed by atoms with E-state index in [0.717, 1.165) is 17.9 Å². The highest BCUT2D eigenvalue weighted by Gasteiger charge is 2.07. The summed E-state index contributed by atoms with van der Waals surface area (Å²) in [5.74, 6) is 1.71. The summed E-state index contributed by atoms with van der Waals surface area (Å²) >= 11 is 0. The molecule has 0 amide bonds. The molecule has 112 valence electrons. The predicted molar refractivity (Wildman–Crippen MR) is 84.6 cm³/mol. The average molecular weight is 287 g/mol. The molecule has 0 saturated carbocycles. The Morgan fingerprint density at radius 2 is 1.71 bits per heavy atom. The highest BCUT2D eigenvalue weighted by molar-refractivity contribution is 5.43. The lowest BCUT2D eigenvalue weighted by Crippen LogP contribution is -2.17. The summed E-state index contributed by atoms with van der Waals surface area (Å²) in [5.41, 5.74) is 1.94. The molecule has 0 atom stereocenters. The van der Waals surface area contributed by atoms with Gasteiger partial charge in [0.05, 0.1) is 12.2 Å². The van der Waals surface area contributed by atoms with E-state index in [2.05, 4.69) is 30.6 Å². The van der Waals surface area contributed by atoms with Crippen molar-refractivity contribution in [1.29, 1.82) is 0 Å². The van der Waals surface area contributed by atoms with Gasteiger partial charge in [-0.3, -0.25) is 4.98 Å². The number of hydrogen-bond acceptors (Lipinski definition) is 7. The molecule has 0 radical (unpaired) electrons. The number of nitrogens with zero attached hydrogens (tertiary/aromatic N) is 5. The number of anilines is 3. The molecule has 2 aromatic rings. The Kier molecular flexibility index (Phi) is 4.86. The zero-order valence-corrected chi connectivity index (χ0v) is 12.9. The second-order valence-corrected chi connectivity index (χ2v) is 4.83. The van der Waals surface area contributed by atoms with Gasteiger partial charge in [-0.05, 0) is 26.0 Å². The van der Waals surface area contributed by atoms with Crippen LogP contribution in [0.5, 0.6) is 0 Å². The first kappa shape index (κ1) is 15.0. The maximum Gasteiger partial charge on any atom is 0.231 e. The van der Waals surface area contributed by atoms with Crippen LogP contribution < -0.4 is 15.5 Å². The quantitative estimate of drug-likeness (QED) is 0.837. The summed E-state index contributed by atoms with van der Waals surface area (Å²) in [6.45, 7) is 5.31. The Hall–Kier alpha value is -2.44. The van der Waals surface area contributed by atoms with E-state index in [4.69, 9.17) is 0 Å². The van der Waals surface area contributed by atoms with Crippen molar-refractivity contribution in [2.75, 3.05) is 36.2 Å². The van der Waals surface area contributed by atoms with Gasteiger partial charge in [0.1, 0.15) is 0 Å². The predicted octanol–water partition coefficient (Wildman–Crippen LogP) is 1.68. The van der Waals surface area contributed by atoms with Crippen LogP contribution >= 0.6 is 0 Å². The lowest BCUT2D eigenvalue weighted by atomic mass is 10.3. The van der Waals surface area contributed by atoms with Gasteiger partial charge in [0.25, 0.3) is 0 Å². The summed E-state index contributed by atoms with van der Waals surface area (Å²) in [6.07, 6.45) is 0. The van der Waals surface area contributed by atoms with Gasteiger partial charge in [0, 0.05) is 26.3 Å². The number of nitrogens with one attached hydrogen (secondary N) is 2. The van der Waals surface area contributed by atoms with Crippen molar-refractivity contribution in [3.63, 3.8) is 0 Å². The van der Waals surface area contributed by atoms with Crippen molar-refractivity contribution in [1.82, 2.24) is 19.9 Å². The van der Waals surface area contributed by atoms with Crippen LogP contribution in [0.15, 0.2) is 18.2 Å². The summed E-state index contributed by atoms with van der Waals surface area (Å²) in [4.78, 5) is 19.3. The zero-order valence-electron chi connectivity index (χ0n) is 12.9.